The molecule has 0 saturated heterocycles. The van der Waals surface area contributed by atoms with Crippen LogP contribution in [0.25, 0.3) is 0 Å². The molecular formula is C11H13FO3. The van der Waals surface area contributed by atoms with E-state index in [9.17, 15) is 9.50 Å². The van der Waals surface area contributed by atoms with E-state index in [0.29, 0.717) is 18.6 Å². The van der Waals surface area contributed by atoms with Gasteiger partial charge in [0, 0.05) is 0 Å². The number of hydrogen-bond donors (Lipinski definition) is 2. The molecule has 0 radical (unpaired) electrons. The summed E-state index contributed by atoms with van der Waals surface area (Å²) in [5, 5.41) is 18.2. The zero-order chi connectivity index (χ0) is 10.8. The third-order valence-corrected chi connectivity index (χ3v) is 2.62. The van der Waals surface area contributed by atoms with Crippen molar-refractivity contribution in [1.29, 1.82) is 0 Å². The Morgan fingerprint density at radius 3 is 3.07 bits per heavy atom. The van der Waals surface area contributed by atoms with E-state index in [4.69, 9.17) is 9.84 Å². The van der Waals surface area contributed by atoms with Crippen LogP contribution in [0.3, 0.4) is 0 Å². The number of rotatable bonds is 2. The Bertz CT molecular complexity index is 354. The van der Waals surface area contributed by atoms with E-state index in [0.717, 1.165) is 5.56 Å². The fourth-order valence-corrected chi connectivity index (χ4v) is 1.77. The summed E-state index contributed by atoms with van der Waals surface area (Å²) < 4.78 is 18.3. The van der Waals surface area contributed by atoms with Crippen molar-refractivity contribution >= 4 is 0 Å². The first-order chi connectivity index (χ1) is 7.20. The number of halogens is 1. The van der Waals surface area contributed by atoms with Gasteiger partial charge >= 0.3 is 0 Å². The number of hydrogen-bond acceptors (Lipinski definition) is 3. The minimum atomic E-state index is -0.872. The molecule has 0 spiro atoms. The number of benzene rings is 1. The van der Waals surface area contributed by atoms with Gasteiger partial charge in [-0.15, -0.1) is 0 Å². The summed E-state index contributed by atoms with van der Waals surface area (Å²) in [5.41, 5.74) is 0.816. The monoisotopic (exact) mass is 212 g/mol. The van der Waals surface area contributed by atoms with Gasteiger partial charge in [0.1, 0.15) is 23.8 Å². The zero-order valence-electron chi connectivity index (χ0n) is 8.19. The predicted octanol–water partition coefficient (Wildman–Crippen LogP) is 0.872. The summed E-state index contributed by atoms with van der Waals surface area (Å²) in [6, 6.07) is 4.32. The van der Waals surface area contributed by atoms with Gasteiger partial charge in [0.15, 0.2) is 0 Å². The molecule has 1 aliphatic rings. The number of ether oxygens (including phenoxy) is 1. The molecule has 0 aromatic heterocycles. The van der Waals surface area contributed by atoms with Crippen molar-refractivity contribution in [2.24, 2.45) is 0 Å². The van der Waals surface area contributed by atoms with Gasteiger partial charge in [-0.2, -0.15) is 0 Å². The third-order valence-electron chi connectivity index (χ3n) is 2.62. The van der Waals surface area contributed by atoms with Crippen LogP contribution >= 0.6 is 0 Å². The first-order valence-corrected chi connectivity index (χ1v) is 4.94. The summed E-state index contributed by atoms with van der Waals surface area (Å²) in [5.74, 6) is 0.318. The molecule has 0 saturated carbocycles. The highest BCUT2D eigenvalue weighted by Crippen LogP contribution is 2.29. The normalized spacial score (nSPS) is 21.7. The number of aliphatic hydroxyl groups excluding tert-OH is 2. The molecule has 4 heteroatoms. The molecule has 2 N–H and O–H groups in total. The van der Waals surface area contributed by atoms with Crippen LogP contribution in [0.5, 0.6) is 5.75 Å². The highest BCUT2D eigenvalue weighted by molar-refractivity contribution is 5.35. The fourth-order valence-electron chi connectivity index (χ4n) is 1.77. The Hall–Kier alpha value is -1.13. The summed E-state index contributed by atoms with van der Waals surface area (Å²) in [6.45, 7) is -0.318. The molecule has 0 bridgehead atoms. The molecule has 1 heterocycles. The van der Waals surface area contributed by atoms with Crippen LogP contribution in [0, 0.1) is 5.82 Å². The largest absolute Gasteiger partial charge is 0.487 e. The average Bonchev–Trinajstić information content (AvgIpc) is 2.27. The number of aliphatic hydroxyl groups is 2. The molecule has 0 aliphatic carbocycles. The molecule has 1 aromatic rings. The molecule has 0 fully saturated rings. The van der Waals surface area contributed by atoms with E-state index in [-0.39, 0.29) is 12.4 Å². The Balaban J connectivity index is 2.16. The molecule has 2 atom stereocenters. The van der Waals surface area contributed by atoms with Crippen molar-refractivity contribution in [3.63, 3.8) is 0 Å². The van der Waals surface area contributed by atoms with Gasteiger partial charge in [0.25, 0.3) is 0 Å². The first-order valence-electron chi connectivity index (χ1n) is 4.94. The maximum atomic E-state index is 12.9. The molecule has 1 aromatic carbocycles. The van der Waals surface area contributed by atoms with Gasteiger partial charge in [0.2, 0.25) is 0 Å². The van der Waals surface area contributed by atoms with Crippen LogP contribution in [0.4, 0.5) is 4.39 Å². The van der Waals surface area contributed by atoms with E-state index in [1.54, 1.807) is 6.07 Å². The summed E-state index contributed by atoms with van der Waals surface area (Å²) in [4.78, 5) is 0. The number of aryl methyl sites for hydroxylation is 1. The summed E-state index contributed by atoms with van der Waals surface area (Å²) >= 11 is 0. The van der Waals surface area contributed by atoms with E-state index in [1.807, 2.05) is 0 Å². The van der Waals surface area contributed by atoms with Crippen molar-refractivity contribution in [3.05, 3.63) is 29.6 Å². The van der Waals surface area contributed by atoms with Gasteiger partial charge in [-0.3, -0.25) is 0 Å². The van der Waals surface area contributed by atoms with Crippen LogP contribution in [-0.4, -0.2) is 29.0 Å². The van der Waals surface area contributed by atoms with Crippen molar-refractivity contribution in [3.8, 4) is 5.75 Å². The van der Waals surface area contributed by atoms with Crippen molar-refractivity contribution < 1.29 is 19.3 Å². The second-order valence-electron chi connectivity index (χ2n) is 3.70. The molecule has 1 unspecified atom stereocenters. The average molecular weight is 212 g/mol. The van der Waals surface area contributed by atoms with Crippen LogP contribution in [0.15, 0.2) is 18.2 Å². The van der Waals surface area contributed by atoms with Crippen molar-refractivity contribution in [2.45, 2.75) is 25.0 Å². The topological polar surface area (TPSA) is 49.7 Å². The van der Waals surface area contributed by atoms with Gasteiger partial charge < -0.3 is 14.9 Å². The molecule has 3 nitrogen and oxygen atoms in total. The molecule has 0 amide bonds. The van der Waals surface area contributed by atoms with Crippen LogP contribution in [0.2, 0.25) is 0 Å². The summed E-state index contributed by atoms with van der Waals surface area (Å²) in [6.07, 6.45) is -0.0105. The first kappa shape index (κ1) is 10.4. The Morgan fingerprint density at radius 1 is 1.53 bits per heavy atom. The van der Waals surface area contributed by atoms with Crippen LogP contribution in [0.1, 0.15) is 12.0 Å². The van der Waals surface area contributed by atoms with Gasteiger partial charge in [0.05, 0.1) is 6.61 Å². The smallest absolute Gasteiger partial charge is 0.127 e. The van der Waals surface area contributed by atoms with Crippen LogP contribution in [-0.2, 0) is 6.42 Å². The molecule has 2 rings (SSSR count). The Labute approximate surface area is 87.1 Å². The standard InChI is InChI=1S/C11H13FO3/c12-8-2-4-10-7(5-8)1-3-11(15-10)9(14)6-13/h2,4-5,9,11,13-14H,1,3,6H2/t9?,11-/m0/s1. The second kappa shape index (κ2) is 4.16. The molecule has 15 heavy (non-hydrogen) atoms. The quantitative estimate of drug-likeness (QED) is 0.764. The Kier molecular flexibility index (Phi) is 2.88. The zero-order valence-corrected chi connectivity index (χ0v) is 8.19. The minimum absolute atomic E-state index is 0.279. The lowest BCUT2D eigenvalue weighted by Crippen LogP contribution is -2.37. The predicted molar refractivity (Wildman–Crippen MR) is 52.2 cm³/mol. The minimum Gasteiger partial charge on any atom is -0.487 e. The maximum Gasteiger partial charge on any atom is 0.127 e. The SMILES string of the molecule is OCC(O)[C@@H]1CCc2cc(F)ccc2O1. The fraction of sp³-hybridized carbons (Fsp3) is 0.455. The van der Waals surface area contributed by atoms with Crippen LogP contribution < -0.4 is 4.74 Å². The van der Waals surface area contributed by atoms with Gasteiger partial charge in [-0.1, -0.05) is 0 Å². The lowest BCUT2D eigenvalue weighted by atomic mass is 9.99. The maximum absolute atomic E-state index is 12.9. The summed E-state index contributed by atoms with van der Waals surface area (Å²) in [7, 11) is 0. The third kappa shape index (κ3) is 2.11. The highest BCUT2D eigenvalue weighted by atomic mass is 19.1. The van der Waals surface area contributed by atoms with E-state index in [1.165, 1.54) is 12.1 Å². The number of fused-ring (bicyclic) bond motifs is 1. The Morgan fingerprint density at radius 2 is 2.33 bits per heavy atom. The molecule has 82 valence electrons. The lowest BCUT2D eigenvalue weighted by molar-refractivity contribution is -0.00965. The van der Waals surface area contributed by atoms with E-state index < -0.39 is 12.2 Å². The molecule has 1 aliphatic heterocycles. The van der Waals surface area contributed by atoms with E-state index >= 15 is 0 Å². The van der Waals surface area contributed by atoms with E-state index in [2.05, 4.69) is 0 Å². The lowest BCUT2D eigenvalue weighted by Gasteiger charge is -2.28. The highest BCUT2D eigenvalue weighted by Gasteiger charge is 2.25. The van der Waals surface area contributed by atoms with Gasteiger partial charge in [-0.05, 0) is 36.6 Å². The van der Waals surface area contributed by atoms with Crippen molar-refractivity contribution in [2.75, 3.05) is 6.61 Å². The second-order valence-corrected chi connectivity index (χ2v) is 3.70. The van der Waals surface area contributed by atoms with Gasteiger partial charge in [-0.25, -0.2) is 4.39 Å². The molecular weight excluding hydrogens is 199 g/mol. The van der Waals surface area contributed by atoms with Crippen molar-refractivity contribution in [1.82, 2.24) is 0 Å².